The number of rotatable bonds is 36. The van der Waals surface area contributed by atoms with Crippen LogP contribution in [0.1, 0.15) is 129 Å². The summed E-state index contributed by atoms with van der Waals surface area (Å²) in [5.74, 6) is -0.934. The molecule has 10 nitrogen and oxygen atoms in total. The number of nitrogens with zero attached hydrogens (tertiary/aromatic N) is 1. The van der Waals surface area contributed by atoms with E-state index in [-0.39, 0.29) is 38.3 Å². The number of carbonyl (C=O) groups is 2. The van der Waals surface area contributed by atoms with E-state index in [1.54, 1.807) is 0 Å². The molecule has 0 aromatic rings. The number of allylic oxidation sites excluding steroid dienone is 13. The number of esters is 2. The van der Waals surface area contributed by atoms with Gasteiger partial charge in [-0.2, -0.15) is 0 Å². The second-order valence-corrected chi connectivity index (χ2v) is 16.8. The van der Waals surface area contributed by atoms with E-state index in [4.69, 9.17) is 23.3 Å². The van der Waals surface area contributed by atoms with Crippen molar-refractivity contribution in [3.05, 3.63) is 85.1 Å². The predicted octanol–water partition coefficient (Wildman–Crippen LogP) is 11.0. The molecule has 1 heterocycles. The topological polar surface area (TPSA) is 121 Å². The highest BCUT2D eigenvalue weighted by Gasteiger charge is 2.36. The Morgan fingerprint density at radius 2 is 1.21 bits per heavy atom. The molecule has 1 saturated heterocycles. The third-order valence-corrected chi connectivity index (χ3v) is 9.82. The van der Waals surface area contributed by atoms with Crippen LogP contribution in [-0.2, 0) is 37.4 Å². The van der Waals surface area contributed by atoms with Gasteiger partial charge in [0.1, 0.15) is 19.8 Å². The molecule has 4 atom stereocenters. The van der Waals surface area contributed by atoms with Crippen LogP contribution in [0.3, 0.4) is 0 Å². The van der Waals surface area contributed by atoms with Gasteiger partial charge in [-0.25, -0.2) is 4.57 Å². The lowest BCUT2D eigenvalue weighted by molar-refractivity contribution is -0.870. The van der Waals surface area contributed by atoms with Crippen LogP contribution in [-0.4, -0.2) is 87.1 Å². The van der Waals surface area contributed by atoms with Crippen molar-refractivity contribution in [1.82, 2.24) is 0 Å². The molecule has 0 aromatic heterocycles. The number of phosphoric ester groups is 1. The van der Waals surface area contributed by atoms with Gasteiger partial charge in [-0.1, -0.05) is 112 Å². The lowest BCUT2D eigenvalue weighted by Gasteiger charge is -2.24. The minimum Gasteiger partial charge on any atom is -0.462 e. The molecular formula is C46H77NO9P+. The van der Waals surface area contributed by atoms with Crippen LogP contribution in [0.5, 0.6) is 0 Å². The van der Waals surface area contributed by atoms with Crippen LogP contribution >= 0.6 is 7.82 Å². The Hall–Kier alpha value is -2.85. The summed E-state index contributed by atoms with van der Waals surface area (Å²) in [6, 6.07) is 0. The molecule has 3 unspecified atom stereocenters. The molecule has 1 aliphatic heterocycles. The zero-order valence-corrected chi connectivity index (χ0v) is 36.9. The molecule has 0 aromatic carbocycles. The number of ether oxygens (including phenoxy) is 3. The van der Waals surface area contributed by atoms with Crippen molar-refractivity contribution in [3.8, 4) is 0 Å². The average Bonchev–Trinajstić information content (AvgIpc) is 3.91. The SMILES string of the molecule is CC/C=C\C/C=C\C/C=C\C/C=C\CCCCC(=O)O[C@H](COC(=O)CCCC1OC1C/C=C\C/C=C\C/C=C\CCCCC)COP(=O)(O)OCC[N+](C)(C)C. The zero-order chi connectivity index (χ0) is 41.9. The number of unbranched alkanes of at least 4 members (excludes halogenated alkanes) is 5. The normalized spacial score (nSPS) is 18.0. The summed E-state index contributed by atoms with van der Waals surface area (Å²) in [5, 5.41) is 0. The number of likely N-dealkylation sites (N-methyl/N-ethyl adjacent to an activating group) is 1. The minimum absolute atomic E-state index is 0.00650. The highest BCUT2D eigenvalue weighted by atomic mass is 31.2. The second kappa shape index (κ2) is 34.1. The van der Waals surface area contributed by atoms with Gasteiger partial charge >= 0.3 is 19.8 Å². The maximum absolute atomic E-state index is 12.7. The van der Waals surface area contributed by atoms with Gasteiger partial charge in [0, 0.05) is 12.8 Å². The van der Waals surface area contributed by atoms with Gasteiger partial charge in [-0.3, -0.25) is 18.6 Å². The molecule has 1 N–H and O–H groups in total. The molecule has 324 valence electrons. The average molecular weight is 819 g/mol. The van der Waals surface area contributed by atoms with Crippen LogP contribution in [0.15, 0.2) is 85.1 Å². The Kier molecular flexibility index (Phi) is 31.2. The Balaban J connectivity index is 2.39. The fourth-order valence-corrected chi connectivity index (χ4v) is 6.12. The first-order valence-corrected chi connectivity index (χ1v) is 22.9. The monoisotopic (exact) mass is 819 g/mol. The molecule has 0 radical (unpaired) electrons. The molecule has 11 heteroatoms. The summed E-state index contributed by atoms with van der Waals surface area (Å²) in [6.07, 6.45) is 45.1. The molecule has 1 rings (SSSR count). The van der Waals surface area contributed by atoms with Crippen molar-refractivity contribution in [2.45, 2.75) is 148 Å². The molecule has 0 aliphatic carbocycles. The molecule has 1 fully saturated rings. The number of hydrogen-bond acceptors (Lipinski definition) is 8. The zero-order valence-electron chi connectivity index (χ0n) is 36.0. The van der Waals surface area contributed by atoms with E-state index in [0.29, 0.717) is 23.9 Å². The summed E-state index contributed by atoms with van der Waals surface area (Å²) in [5.41, 5.74) is 0. The second-order valence-electron chi connectivity index (χ2n) is 15.4. The van der Waals surface area contributed by atoms with Crippen molar-refractivity contribution in [3.63, 3.8) is 0 Å². The van der Waals surface area contributed by atoms with Crippen LogP contribution in [0.2, 0.25) is 0 Å². The summed E-state index contributed by atoms with van der Waals surface area (Å²) in [6.45, 7) is 4.11. The Labute approximate surface area is 346 Å². The van der Waals surface area contributed by atoms with Crippen LogP contribution in [0.25, 0.3) is 0 Å². The van der Waals surface area contributed by atoms with Gasteiger partial charge < -0.3 is 23.6 Å². The van der Waals surface area contributed by atoms with Gasteiger partial charge in [0.25, 0.3) is 0 Å². The molecule has 0 bridgehead atoms. The largest absolute Gasteiger partial charge is 0.472 e. The summed E-state index contributed by atoms with van der Waals surface area (Å²) < 4.78 is 40.0. The number of carbonyl (C=O) groups excluding carboxylic acids is 2. The summed E-state index contributed by atoms with van der Waals surface area (Å²) in [4.78, 5) is 35.4. The van der Waals surface area contributed by atoms with E-state index >= 15 is 0 Å². The van der Waals surface area contributed by atoms with Crippen molar-refractivity contribution >= 4 is 19.8 Å². The lowest BCUT2D eigenvalue weighted by Crippen LogP contribution is -2.37. The van der Waals surface area contributed by atoms with Gasteiger partial charge in [0.15, 0.2) is 6.10 Å². The van der Waals surface area contributed by atoms with Crippen molar-refractivity contribution in [2.75, 3.05) is 47.5 Å². The predicted molar refractivity (Wildman–Crippen MR) is 233 cm³/mol. The van der Waals surface area contributed by atoms with Crippen LogP contribution in [0, 0.1) is 0 Å². The van der Waals surface area contributed by atoms with E-state index in [2.05, 4.69) is 98.9 Å². The quantitative estimate of drug-likeness (QED) is 0.0164. The Morgan fingerprint density at radius 1 is 0.667 bits per heavy atom. The number of quaternary nitrogens is 1. The van der Waals surface area contributed by atoms with Gasteiger partial charge in [0.05, 0.1) is 40.0 Å². The number of hydrogen-bond donors (Lipinski definition) is 1. The Bertz CT molecular complexity index is 1310. The first-order chi connectivity index (χ1) is 27.5. The molecule has 1 aliphatic rings. The van der Waals surface area contributed by atoms with Crippen LogP contribution in [0.4, 0.5) is 0 Å². The van der Waals surface area contributed by atoms with E-state index in [9.17, 15) is 19.0 Å². The van der Waals surface area contributed by atoms with Crippen LogP contribution < -0.4 is 0 Å². The lowest BCUT2D eigenvalue weighted by atomic mass is 10.1. The molecule has 57 heavy (non-hydrogen) atoms. The van der Waals surface area contributed by atoms with Gasteiger partial charge in [-0.05, 0) is 89.9 Å². The first-order valence-electron chi connectivity index (χ1n) is 21.4. The highest BCUT2D eigenvalue weighted by molar-refractivity contribution is 7.47. The number of phosphoric acid groups is 1. The minimum atomic E-state index is -4.41. The third kappa shape index (κ3) is 34.9. The summed E-state index contributed by atoms with van der Waals surface area (Å²) in [7, 11) is 1.39. The van der Waals surface area contributed by atoms with E-state index in [0.717, 1.165) is 70.6 Å². The standard InChI is InChI=1S/C46H76NO9P/c1-6-8-10-12-14-16-18-20-21-22-24-26-28-30-32-36-46(49)55-42(41-54-57(50,51)53-39-38-47(3,4)5)40-52-45(48)37-33-35-44-43(56-44)34-31-29-27-25-23-19-17-15-13-11-9-7-2/h8,10,14-17,20-21,23-26,29,31,42-44H,6-7,9,11-13,18-19,22,27-28,30,32-41H2,1-5H3/p+1/b10-8-,16-14-,17-15-,21-20-,25-23-,26-24-,31-29-/t42-,43?,44?/m1/s1. The summed E-state index contributed by atoms with van der Waals surface area (Å²) >= 11 is 0. The fraction of sp³-hybridized carbons (Fsp3) is 0.652. The highest BCUT2D eigenvalue weighted by Crippen LogP contribution is 2.43. The van der Waals surface area contributed by atoms with Gasteiger partial charge in [-0.15, -0.1) is 0 Å². The van der Waals surface area contributed by atoms with E-state index in [1.165, 1.54) is 19.3 Å². The molecule has 0 amide bonds. The first kappa shape index (κ1) is 52.2. The Morgan fingerprint density at radius 3 is 1.79 bits per heavy atom. The fourth-order valence-electron chi connectivity index (χ4n) is 5.38. The van der Waals surface area contributed by atoms with E-state index < -0.39 is 32.5 Å². The van der Waals surface area contributed by atoms with Crippen molar-refractivity contribution < 1.29 is 46.8 Å². The molecule has 0 spiro atoms. The van der Waals surface area contributed by atoms with E-state index in [1.807, 2.05) is 21.1 Å². The smallest absolute Gasteiger partial charge is 0.462 e. The van der Waals surface area contributed by atoms with Crippen molar-refractivity contribution in [2.24, 2.45) is 0 Å². The van der Waals surface area contributed by atoms with Crippen molar-refractivity contribution in [1.29, 1.82) is 0 Å². The third-order valence-electron chi connectivity index (χ3n) is 8.83. The van der Waals surface area contributed by atoms with Gasteiger partial charge in [0.2, 0.25) is 0 Å². The molecular weight excluding hydrogens is 741 g/mol. The molecule has 0 saturated carbocycles. The maximum Gasteiger partial charge on any atom is 0.472 e. The maximum atomic E-state index is 12.7. The number of epoxide rings is 1.